The van der Waals surface area contributed by atoms with E-state index in [0.717, 1.165) is 0 Å². The third-order valence-electron chi connectivity index (χ3n) is 1.73. The van der Waals surface area contributed by atoms with Crippen molar-refractivity contribution in [2.75, 3.05) is 27.4 Å². The number of aliphatic hydroxyl groups is 3. The van der Waals surface area contributed by atoms with Crippen LogP contribution in [-0.4, -0.2) is 61.1 Å². The van der Waals surface area contributed by atoms with Crippen LogP contribution in [0.4, 0.5) is 0 Å². The number of hydrogen-bond acceptors (Lipinski definition) is 5. The number of aliphatic hydroxyl groups excluding tert-OH is 3. The minimum absolute atomic E-state index is 0.308. The van der Waals surface area contributed by atoms with Crippen molar-refractivity contribution in [3.8, 4) is 0 Å². The van der Waals surface area contributed by atoms with Gasteiger partial charge in [0.25, 0.3) is 0 Å². The van der Waals surface area contributed by atoms with Gasteiger partial charge in [-0.15, -0.1) is 0 Å². The van der Waals surface area contributed by atoms with Gasteiger partial charge in [-0.2, -0.15) is 0 Å². The maximum absolute atomic E-state index is 9.40. The summed E-state index contributed by atoms with van der Waals surface area (Å²) >= 11 is 0. The lowest BCUT2D eigenvalue weighted by Crippen LogP contribution is -2.43. The van der Waals surface area contributed by atoms with Crippen LogP contribution in [0.15, 0.2) is 0 Å². The second-order valence-electron chi connectivity index (χ2n) is 2.40. The Bertz CT molecular complexity index is 88.0. The van der Waals surface area contributed by atoms with Crippen LogP contribution in [0.5, 0.6) is 0 Å². The largest absolute Gasteiger partial charge is 0.394 e. The van der Waals surface area contributed by atoms with E-state index < -0.39 is 18.3 Å². The molecule has 0 aromatic carbocycles. The molecule has 0 aromatic heterocycles. The SMILES string of the molecule is CO[C@@H](CO)C(O)[C@@H](CO)OC. The molecule has 5 nitrogen and oxygen atoms in total. The molecule has 0 aromatic rings. The predicted molar refractivity (Wildman–Crippen MR) is 41.8 cm³/mol. The van der Waals surface area contributed by atoms with Gasteiger partial charge in [-0.1, -0.05) is 0 Å². The molecule has 3 atom stereocenters. The zero-order valence-electron chi connectivity index (χ0n) is 7.30. The summed E-state index contributed by atoms with van der Waals surface area (Å²) in [7, 11) is 2.74. The number of methoxy groups -OCH3 is 2. The molecule has 1 unspecified atom stereocenters. The summed E-state index contributed by atoms with van der Waals surface area (Å²) < 4.78 is 9.51. The van der Waals surface area contributed by atoms with Crippen molar-refractivity contribution in [1.29, 1.82) is 0 Å². The van der Waals surface area contributed by atoms with Crippen molar-refractivity contribution in [2.45, 2.75) is 18.3 Å². The van der Waals surface area contributed by atoms with Gasteiger partial charge in [-0.3, -0.25) is 0 Å². The zero-order chi connectivity index (χ0) is 9.56. The van der Waals surface area contributed by atoms with E-state index in [1.54, 1.807) is 0 Å². The Labute approximate surface area is 71.5 Å². The van der Waals surface area contributed by atoms with Gasteiger partial charge in [0.15, 0.2) is 0 Å². The maximum atomic E-state index is 9.40. The molecule has 0 amide bonds. The molecule has 0 aliphatic rings. The van der Waals surface area contributed by atoms with E-state index in [0.29, 0.717) is 0 Å². The van der Waals surface area contributed by atoms with Gasteiger partial charge in [0.1, 0.15) is 18.3 Å². The standard InChI is InChI=1S/C7H16O5/c1-11-5(3-8)7(10)6(4-9)12-2/h5-10H,3-4H2,1-2H3/t5-,6+,7?. The normalized spacial score (nSPS) is 18.8. The Morgan fingerprint density at radius 2 is 1.33 bits per heavy atom. The first kappa shape index (κ1) is 11.8. The van der Waals surface area contributed by atoms with Crippen molar-refractivity contribution < 1.29 is 24.8 Å². The van der Waals surface area contributed by atoms with E-state index in [2.05, 4.69) is 0 Å². The van der Waals surface area contributed by atoms with Gasteiger partial charge in [0.05, 0.1) is 13.2 Å². The van der Waals surface area contributed by atoms with Crippen LogP contribution < -0.4 is 0 Å². The molecule has 0 rings (SSSR count). The molecule has 0 spiro atoms. The van der Waals surface area contributed by atoms with Gasteiger partial charge >= 0.3 is 0 Å². The van der Waals surface area contributed by atoms with Crippen LogP contribution in [0.25, 0.3) is 0 Å². The summed E-state index contributed by atoms with van der Waals surface area (Å²) in [6.45, 7) is -0.616. The Morgan fingerprint density at radius 3 is 1.50 bits per heavy atom. The molecule has 74 valence electrons. The lowest BCUT2D eigenvalue weighted by atomic mass is 10.1. The van der Waals surface area contributed by atoms with Crippen LogP contribution in [0.2, 0.25) is 0 Å². The first-order chi connectivity index (χ1) is 5.71. The number of ether oxygens (including phenoxy) is 2. The minimum Gasteiger partial charge on any atom is -0.394 e. The fraction of sp³-hybridized carbons (Fsp3) is 1.00. The van der Waals surface area contributed by atoms with Crippen LogP contribution in [0.1, 0.15) is 0 Å². The highest BCUT2D eigenvalue weighted by Crippen LogP contribution is 2.05. The molecule has 3 N–H and O–H groups in total. The molecule has 0 aliphatic heterocycles. The molecular formula is C7H16O5. The maximum Gasteiger partial charge on any atom is 0.111 e. The van der Waals surface area contributed by atoms with Crippen LogP contribution in [-0.2, 0) is 9.47 Å². The van der Waals surface area contributed by atoms with Crippen molar-refractivity contribution in [3.05, 3.63) is 0 Å². The Morgan fingerprint density at radius 1 is 1.00 bits per heavy atom. The molecule has 5 heteroatoms. The van der Waals surface area contributed by atoms with Crippen molar-refractivity contribution in [3.63, 3.8) is 0 Å². The van der Waals surface area contributed by atoms with Gasteiger partial charge < -0.3 is 24.8 Å². The molecule has 0 radical (unpaired) electrons. The first-order valence-electron chi connectivity index (χ1n) is 3.66. The highest BCUT2D eigenvalue weighted by Gasteiger charge is 2.26. The van der Waals surface area contributed by atoms with Crippen molar-refractivity contribution in [2.24, 2.45) is 0 Å². The average Bonchev–Trinajstić information content (AvgIpc) is 2.09. The van der Waals surface area contributed by atoms with Crippen LogP contribution in [0, 0.1) is 0 Å². The zero-order valence-corrected chi connectivity index (χ0v) is 7.30. The quantitative estimate of drug-likeness (QED) is 0.457. The fourth-order valence-electron chi connectivity index (χ4n) is 0.883. The van der Waals surface area contributed by atoms with Gasteiger partial charge in [-0.25, -0.2) is 0 Å². The highest BCUT2D eigenvalue weighted by molar-refractivity contribution is 4.76. The summed E-state index contributed by atoms with van der Waals surface area (Å²) in [6, 6.07) is 0. The second-order valence-corrected chi connectivity index (χ2v) is 2.40. The lowest BCUT2D eigenvalue weighted by molar-refractivity contribution is -0.115. The first-order valence-corrected chi connectivity index (χ1v) is 3.66. The molecule has 0 bridgehead atoms. The molecule has 0 saturated carbocycles. The molecule has 0 saturated heterocycles. The Kier molecular flexibility index (Phi) is 6.23. The summed E-state index contributed by atoms with van der Waals surface area (Å²) in [5, 5.41) is 26.8. The van der Waals surface area contributed by atoms with Gasteiger partial charge in [-0.05, 0) is 0 Å². The van der Waals surface area contributed by atoms with E-state index in [9.17, 15) is 5.11 Å². The lowest BCUT2D eigenvalue weighted by Gasteiger charge is -2.25. The Balaban J connectivity index is 4.02. The van der Waals surface area contributed by atoms with Crippen molar-refractivity contribution in [1.82, 2.24) is 0 Å². The van der Waals surface area contributed by atoms with Gasteiger partial charge in [0.2, 0.25) is 0 Å². The van der Waals surface area contributed by atoms with Crippen LogP contribution in [0.3, 0.4) is 0 Å². The van der Waals surface area contributed by atoms with E-state index in [-0.39, 0.29) is 13.2 Å². The smallest absolute Gasteiger partial charge is 0.111 e. The molecule has 0 aliphatic carbocycles. The molecule has 12 heavy (non-hydrogen) atoms. The summed E-state index contributed by atoms with van der Waals surface area (Å²) in [5.41, 5.74) is 0. The second kappa shape index (κ2) is 6.33. The van der Waals surface area contributed by atoms with E-state index in [4.69, 9.17) is 19.7 Å². The summed E-state index contributed by atoms with van der Waals surface area (Å²) in [6.07, 6.45) is -2.46. The summed E-state index contributed by atoms with van der Waals surface area (Å²) in [5.74, 6) is 0. The molecule has 0 heterocycles. The Hall–Kier alpha value is -0.200. The minimum atomic E-state index is -1.02. The predicted octanol–water partition coefficient (Wildman–Crippen LogP) is -1.64. The molecule has 0 fully saturated rings. The van der Waals surface area contributed by atoms with E-state index >= 15 is 0 Å². The van der Waals surface area contributed by atoms with Gasteiger partial charge in [0, 0.05) is 14.2 Å². The fourth-order valence-corrected chi connectivity index (χ4v) is 0.883. The van der Waals surface area contributed by atoms with Crippen LogP contribution >= 0.6 is 0 Å². The molecular weight excluding hydrogens is 164 g/mol. The third-order valence-corrected chi connectivity index (χ3v) is 1.73. The number of hydrogen-bond donors (Lipinski definition) is 3. The number of rotatable bonds is 6. The highest BCUT2D eigenvalue weighted by atomic mass is 16.5. The third kappa shape index (κ3) is 3.04. The van der Waals surface area contributed by atoms with E-state index in [1.807, 2.05) is 0 Å². The topological polar surface area (TPSA) is 79.2 Å². The van der Waals surface area contributed by atoms with E-state index in [1.165, 1.54) is 14.2 Å². The summed E-state index contributed by atoms with van der Waals surface area (Å²) in [4.78, 5) is 0. The monoisotopic (exact) mass is 180 g/mol. The van der Waals surface area contributed by atoms with Crippen molar-refractivity contribution >= 4 is 0 Å². The average molecular weight is 180 g/mol.